The third-order valence-corrected chi connectivity index (χ3v) is 5.36. The second-order valence-corrected chi connectivity index (χ2v) is 7.65. The maximum atomic E-state index is 13.0. The molecule has 0 unspecified atom stereocenters. The highest BCUT2D eigenvalue weighted by molar-refractivity contribution is 5.92. The molecule has 1 aliphatic rings. The average Bonchev–Trinajstić information content (AvgIpc) is 3.12. The Morgan fingerprint density at radius 2 is 2.07 bits per heavy atom. The van der Waals surface area contributed by atoms with Crippen molar-refractivity contribution in [1.29, 1.82) is 0 Å². The van der Waals surface area contributed by atoms with Crippen LogP contribution >= 0.6 is 0 Å². The first-order chi connectivity index (χ1) is 14.1. The van der Waals surface area contributed by atoms with Crippen molar-refractivity contribution < 1.29 is 9.18 Å². The molecule has 4 rings (SSSR count). The molecule has 3 aromatic rings. The highest BCUT2D eigenvalue weighted by Crippen LogP contribution is 2.27. The minimum Gasteiger partial charge on any atom is -0.325 e. The Labute approximate surface area is 169 Å². The van der Waals surface area contributed by atoms with E-state index >= 15 is 0 Å². The highest BCUT2D eigenvalue weighted by atomic mass is 19.1. The number of piperidine rings is 1. The lowest BCUT2D eigenvalue weighted by Gasteiger charge is -2.32. The van der Waals surface area contributed by atoms with E-state index in [0.29, 0.717) is 18.2 Å². The normalized spacial score (nSPS) is 17.5. The summed E-state index contributed by atoms with van der Waals surface area (Å²) in [5.41, 5.74) is 2.62. The predicted molar refractivity (Wildman–Crippen MR) is 111 cm³/mol. The second kappa shape index (κ2) is 8.69. The van der Waals surface area contributed by atoms with E-state index in [4.69, 9.17) is 4.98 Å². The number of aryl methyl sites for hydroxylation is 1. The lowest BCUT2D eigenvalue weighted by molar-refractivity contribution is -0.117. The number of halogens is 1. The van der Waals surface area contributed by atoms with Gasteiger partial charge in [0.15, 0.2) is 5.65 Å². The van der Waals surface area contributed by atoms with Gasteiger partial charge in [0.1, 0.15) is 5.82 Å². The molecule has 0 spiro atoms. The van der Waals surface area contributed by atoms with E-state index in [2.05, 4.69) is 34.4 Å². The van der Waals surface area contributed by atoms with Crippen LogP contribution in [-0.2, 0) is 11.3 Å². The van der Waals surface area contributed by atoms with Crippen LogP contribution in [0.2, 0.25) is 0 Å². The number of hydrogen-bond donors (Lipinski definition) is 1. The molecule has 0 saturated carbocycles. The molecule has 3 heterocycles. The Morgan fingerprint density at radius 1 is 1.24 bits per heavy atom. The number of carbonyl (C=O) groups excluding carboxylic acids is 1. The molecule has 0 aliphatic carbocycles. The highest BCUT2D eigenvalue weighted by Gasteiger charge is 2.24. The maximum Gasteiger partial charge on any atom is 0.238 e. The van der Waals surface area contributed by atoms with Crippen LogP contribution in [-0.4, -0.2) is 45.2 Å². The third kappa shape index (κ3) is 4.62. The van der Waals surface area contributed by atoms with Gasteiger partial charge in [-0.15, -0.1) is 0 Å². The van der Waals surface area contributed by atoms with E-state index in [1.807, 2.05) is 10.9 Å². The number of pyridine rings is 1. The zero-order chi connectivity index (χ0) is 20.2. The molecule has 1 N–H and O–H groups in total. The number of hydrogen-bond acceptors (Lipinski definition) is 4. The number of rotatable bonds is 6. The van der Waals surface area contributed by atoms with E-state index < -0.39 is 0 Å². The van der Waals surface area contributed by atoms with Crippen LogP contribution in [0.4, 0.5) is 10.1 Å². The van der Waals surface area contributed by atoms with Crippen LogP contribution in [0, 0.1) is 5.82 Å². The number of nitrogens with zero attached hydrogens (tertiary/aromatic N) is 4. The first-order valence-electron chi connectivity index (χ1n) is 10.2. The largest absolute Gasteiger partial charge is 0.325 e. The molecule has 7 heteroatoms. The fourth-order valence-electron chi connectivity index (χ4n) is 3.95. The summed E-state index contributed by atoms with van der Waals surface area (Å²) in [6, 6.07) is 10.0. The minimum atomic E-state index is -0.313. The van der Waals surface area contributed by atoms with E-state index in [9.17, 15) is 9.18 Å². The van der Waals surface area contributed by atoms with Crippen molar-refractivity contribution >= 4 is 22.6 Å². The van der Waals surface area contributed by atoms with E-state index in [0.717, 1.165) is 55.6 Å². The summed E-state index contributed by atoms with van der Waals surface area (Å²) in [6.07, 6.45) is 4.98. The van der Waals surface area contributed by atoms with Gasteiger partial charge in [0.2, 0.25) is 5.91 Å². The van der Waals surface area contributed by atoms with Crippen LogP contribution in [0.15, 0.2) is 42.6 Å². The molecule has 6 nitrogen and oxygen atoms in total. The smallest absolute Gasteiger partial charge is 0.238 e. The molecular weight excluding hydrogens is 369 g/mol. The molecule has 1 amide bonds. The molecule has 2 aromatic heterocycles. The topological polar surface area (TPSA) is 63.1 Å². The number of likely N-dealkylation sites (tertiary alicyclic amines) is 1. The summed E-state index contributed by atoms with van der Waals surface area (Å²) in [5, 5.41) is 8.34. The van der Waals surface area contributed by atoms with Gasteiger partial charge in [-0.2, -0.15) is 5.10 Å². The average molecular weight is 395 g/mol. The Hall–Kier alpha value is -2.80. The summed E-state index contributed by atoms with van der Waals surface area (Å²) in [5.74, 6) is -0.0925. The fraction of sp³-hybridized carbons (Fsp3) is 0.409. The zero-order valence-electron chi connectivity index (χ0n) is 16.6. The molecule has 1 saturated heterocycles. The predicted octanol–water partition coefficient (Wildman–Crippen LogP) is 3.80. The van der Waals surface area contributed by atoms with Crippen molar-refractivity contribution in [2.75, 3.05) is 25.0 Å². The van der Waals surface area contributed by atoms with Gasteiger partial charge in [0.25, 0.3) is 0 Å². The van der Waals surface area contributed by atoms with Crippen molar-refractivity contribution in [2.45, 2.75) is 38.6 Å². The van der Waals surface area contributed by atoms with Gasteiger partial charge in [0, 0.05) is 35.8 Å². The van der Waals surface area contributed by atoms with Crippen molar-refractivity contribution in [2.24, 2.45) is 0 Å². The lowest BCUT2D eigenvalue weighted by atomic mass is 9.94. The van der Waals surface area contributed by atoms with Crippen molar-refractivity contribution in [1.82, 2.24) is 19.7 Å². The van der Waals surface area contributed by atoms with Gasteiger partial charge in [-0.25, -0.2) is 14.1 Å². The van der Waals surface area contributed by atoms with Gasteiger partial charge >= 0.3 is 0 Å². The summed E-state index contributed by atoms with van der Waals surface area (Å²) in [4.78, 5) is 19.5. The Balaban J connectivity index is 1.41. The Morgan fingerprint density at radius 3 is 2.86 bits per heavy atom. The van der Waals surface area contributed by atoms with Crippen LogP contribution in [0.3, 0.4) is 0 Å². The van der Waals surface area contributed by atoms with E-state index in [1.54, 1.807) is 12.1 Å². The quantitative estimate of drug-likeness (QED) is 0.690. The number of benzene rings is 1. The number of nitrogens with one attached hydrogen (secondary N) is 1. The number of anilines is 1. The summed E-state index contributed by atoms with van der Waals surface area (Å²) in [7, 11) is 0. The fourth-order valence-corrected chi connectivity index (χ4v) is 3.95. The monoisotopic (exact) mass is 395 g/mol. The minimum absolute atomic E-state index is 0.0818. The Kier molecular flexibility index (Phi) is 5.85. The van der Waals surface area contributed by atoms with Crippen molar-refractivity contribution in [3.63, 3.8) is 0 Å². The molecule has 0 radical (unpaired) electrons. The molecule has 152 valence electrons. The summed E-state index contributed by atoms with van der Waals surface area (Å²) >= 11 is 0. The number of carbonyl (C=O) groups is 1. The first kappa shape index (κ1) is 19.5. The summed E-state index contributed by atoms with van der Waals surface area (Å²) in [6.45, 7) is 5.01. The molecule has 1 atom stereocenters. The SMILES string of the molecule is CCCn1ncc2ccc([C@@H]3CCCN(CC(=O)Nc4ccc(F)cc4)C3)nc21. The van der Waals surface area contributed by atoms with Crippen LogP contribution < -0.4 is 5.32 Å². The molecule has 1 fully saturated rings. The third-order valence-electron chi connectivity index (χ3n) is 5.36. The van der Waals surface area contributed by atoms with Crippen LogP contribution in [0.1, 0.15) is 37.8 Å². The Bertz CT molecular complexity index is 985. The molecule has 0 bridgehead atoms. The van der Waals surface area contributed by atoms with Crippen LogP contribution in [0.25, 0.3) is 11.0 Å². The molecule has 1 aliphatic heterocycles. The molecule has 29 heavy (non-hydrogen) atoms. The van der Waals surface area contributed by atoms with Gasteiger partial charge < -0.3 is 5.32 Å². The summed E-state index contributed by atoms with van der Waals surface area (Å²) < 4.78 is 15.0. The van der Waals surface area contributed by atoms with Gasteiger partial charge in [-0.3, -0.25) is 9.69 Å². The lowest BCUT2D eigenvalue weighted by Crippen LogP contribution is -2.40. The van der Waals surface area contributed by atoms with Crippen LogP contribution in [0.5, 0.6) is 0 Å². The standard InChI is InChI=1S/C22H26FN5O/c1-2-11-28-22-16(13-24-28)5-10-20(26-22)17-4-3-12-27(14-17)15-21(29)25-19-8-6-18(23)7-9-19/h5-10,13,17H,2-4,11-12,14-15H2,1H3,(H,25,29)/t17-/m1/s1. The van der Waals surface area contributed by atoms with Gasteiger partial charge in [0.05, 0.1) is 12.7 Å². The molecular formula is C22H26FN5O. The number of fused-ring (bicyclic) bond motifs is 1. The van der Waals surface area contributed by atoms with Gasteiger partial charge in [-0.1, -0.05) is 6.92 Å². The van der Waals surface area contributed by atoms with E-state index in [1.165, 1.54) is 12.1 Å². The maximum absolute atomic E-state index is 13.0. The second-order valence-electron chi connectivity index (χ2n) is 7.65. The van der Waals surface area contributed by atoms with Gasteiger partial charge in [-0.05, 0) is 62.2 Å². The number of aromatic nitrogens is 3. The molecule has 1 aromatic carbocycles. The number of amides is 1. The van der Waals surface area contributed by atoms with Crippen molar-refractivity contribution in [3.05, 3.63) is 54.1 Å². The van der Waals surface area contributed by atoms with E-state index in [-0.39, 0.29) is 11.7 Å². The first-order valence-corrected chi connectivity index (χ1v) is 10.2. The van der Waals surface area contributed by atoms with Crippen molar-refractivity contribution in [3.8, 4) is 0 Å². The zero-order valence-corrected chi connectivity index (χ0v) is 16.6.